The second-order valence-corrected chi connectivity index (χ2v) is 7.42. The Morgan fingerprint density at radius 3 is 2.48 bits per heavy atom. The lowest BCUT2D eigenvalue weighted by atomic mass is 10.1. The lowest BCUT2D eigenvalue weighted by Gasteiger charge is -2.30. The zero-order valence-corrected chi connectivity index (χ0v) is 13.6. The first-order valence-corrected chi connectivity index (χ1v) is 8.94. The quantitative estimate of drug-likeness (QED) is 0.844. The van der Waals surface area contributed by atoms with Crippen LogP contribution >= 0.6 is 0 Å². The molecule has 0 aromatic carbocycles. The van der Waals surface area contributed by atoms with E-state index >= 15 is 0 Å². The summed E-state index contributed by atoms with van der Waals surface area (Å²) in [4.78, 5) is 0. The summed E-state index contributed by atoms with van der Waals surface area (Å²) < 4.78 is 32.1. The number of nitrogens with zero attached hydrogens (tertiary/aromatic N) is 3. The van der Waals surface area contributed by atoms with E-state index in [1.165, 1.54) is 10.6 Å². The van der Waals surface area contributed by atoms with Gasteiger partial charge in [0.1, 0.15) is 6.10 Å². The lowest BCUT2D eigenvalue weighted by Crippen LogP contribution is -2.41. The lowest BCUT2D eigenvalue weighted by molar-refractivity contribution is 0.128. The predicted molar refractivity (Wildman–Crippen MR) is 78.9 cm³/mol. The van der Waals surface area contributed by atoms with Crippen molar-refractivity contribution in [2.45, 2.75) is 39.3 Å². The minimum Gasteiger partial charge on any atom is -0.473 e. The molecule has 1 aromatic heterocycles. The molecule has 120 valence electrons. The number of aliphatic hydroxyl groups is 1. The zero-order valence-electron chi connectivity index (χ0n) is 12.7. The first-order chi connectivity index (χ1) is 9.82. The van der Waals surface area contributed by atoms with Gasteiger partial charge in [-0.25, -0.2) is 12.7 Å². The van der Waals surface area contributed by atoms with Gasteiger partial charge in [0.25, 0.3) is 0 Å². The molecule has 0 spiro atoms. The standard InChI is InChI=1S/C13H23N3O4S/c1-10-11(2)16(8-9-17)14-13(10)20-12-4-6-15(7-5-12)21(3,18)19/h12,17H,4-9H2,1-3H3. The largest absolute Gasteiger partial charge is 0.473 e. The molecule has 1 saturated heterocycles. The maximum Gasteiger partial charge on any atom is 0.236 e. The Hall–Kier alpha value is -1.12. The summed E-state index contributed by atoms with van der Waals surface area (Å²) in [5, 5.41) is 13.4. The smallest absolute Gasteiger partial charge is 0.236 e. The van der Waals surface area contributed by atoms with Crippen molar-refractivity contribution in [1.82, 2.24) is 14.1 Å². The van der Waals surface area contributed by atoms with Gasteiger partial charge in [-0.15, -0.1) is 5.10 Å². The molecule has 0 unspecified atom stereocenters. The molecule has 1 aliphatic rings. The molecule has 1 N–H and O–H groups in total. The molecule has 21 heavy (non-hydrogen) atoms. The fourth-order valence-electron chi connectivity index (χ4n) is 2.47. The Balaban J connectivity index is 1.99. The van der Waals surface area contributed by atoms with Gasteiger partial charge in [-0.2, -0.15) is 0 Å². The Labute approximate surface area is 125 Å². The number of hydrogen-bond acceptors (Lipinski definition) is 5. The van der Waals surface area contributed by atoms with E-state index in [9.17, 15) is 8.42 Å². The van der Waals surface area contributed by atoms with Gasteiger partial charge >= 0.3 is 0 Å². The Morgan fingerprint density at radius 1 is 1.33 bits per heavy atom. The minimum absolute atomic E-state index is 0.0152. The molecule has 1 fully saturated rings. The molecule has 2 heterocycles. The van der Waals surface area contributed by atoms with E-state index < -0.39 is 10.0 Å². The zero-order chi connectivity index (χ0) is 15.6. The van der Waals surface area contributed by atoms with Gasteiger partial charge in [-0.05, 0) is 26.7 Å². The van der Waals surface area contributed by atoms with Crippen LogP contribution in [0.4, 0.5) is 0 Å². The summed E-state index contributed by atoms with van der Waals surface area (Å²) in [7, 11) is -3.11. The first-order valence-electron chi connectivity index (χ1n) is 7.09. The van der Waals surface area contributed by atoms with E-state index in [1.807, 2.05) is 13.8 Å². The molecule has 0 radical (unpaired) electrons. The van der Waals surface area contributed by atoms with Crippen LogP contribution in [-0.2, 0) is 16.6 Å². The van der Waals surface area contributed by atoms with E-state index in [1.54, 1.807) is 4.68 Å². The molecule has 0 atom stereocenters. The number of piperidine rings is 1. The number of ether oxygens (including phenoxy) is 1. The summed E-state index contributed by atoms with van der Waals surface area (Å²) in [6.07, 6.45) is 2.55. The number of aliphatic hydroxyl groups excluding tert-OH is 1. The highest BCUT2D eigenvalue weighted by Gasteiger charge is 2.27. The highest BCUT2D eigenvalue weighted by molar-refractivity contribution is 7.88. The van der Waals surface area contributed by atoms with Crippen molar-refractivity contribution >= 4 is 10.0 Å². The minimum atomic E-state index is -3.11. The molecule has 0 aliphatic carbocycles. The molecule has 0 bridgehead atoms. The van der Waals surface area contributed by atoms with Gasteiger partial charge in [0.2, 0.25) is 15.9 Å². The number of rotatable bonds is 5. The van der Waals surface area contributed by atoms with E-state index in [0.29, 0.717) is 38.4 Å². The Morgan fingerprint density at radius 2 is 1.95 bits per heavy atom. The molecule has 1 aromatic rings. The molecular weight excluding hydrogens is 294 g/mol. The van der Waals surface area contributed by atoms with Crippen LogP contribution in [0.5, 0.6) is 5.88 Å². The third kappa shape index (κ3) is 3.75. The van der Waals surface area contributed by atoms with Crippen LogP contribution < -0.4 is 4.74 Å². The van der Waals surface area contributed by atoms with Crippen molar-refractivity contribution in [3.63, 3.8) is 0 Å². The van der Waals surface area contributed by atoms with Gasteiger partial charge in [0, 0.05) is 24.3 Å². The highest BCUT2D eigenvalue weighted by atomic mass is 32.2. The molecule has 0 amide bonds. The maximum atomic E-state index is 11.5. The molecule has 1 aliphatic heterocycles. The third-order valence-electron chi connectivity index (χ3n) is 3.92. The van der Waals surface area contributed by atoms with Crippen molar-refractivity contribution in [2.75, 3.05) is 26.0 Å². The number of hydrogen-bond donors (Lipinski definition) is 1. The first kappa shape index (κ1) is 16.3. The molecule has 2 rings (SSSR count). The van der Waals surface area contributed by atoms with E-state index in [4.69, 9.17) is 9.84 Å². The van der Waals surface area contributed by atoms with Crippen molar-refractivity contribution in [3.05, 3.63) is 11.3 Å². The second kappa shape index (κ2) is 6.33. The van der Waals surface area contributed by atoms with Crippen LogP contribution in [0.1, 0.15) is 24.1 Å². The van der Waals surface area contributed by atoms with Crippen molar-refractivity contribution in [2.24, 2.45) is 0 Å². The third-order valence-corrected chi connectivity index (χ3v) is 5.23. The predicted octanol–water partition coefficient (Wildman–Crippen LogP) is 0.295. The topological polar surface area (TPSA) is 84.7 Å². The van der Waals surface area contributed by atoms with Gasteiger partial charge in [-0.1, -0.05) is 0 Å². The summed E-state index contributed by atoms with van der Waals surface area (Å²) >= 11 is 0. The molecule has 7 nitrogen and oxygen atoms in total. The van der Waals surface area contributed by atoms with Crippen molar-refractivity contribution in [1.29, 1.82) is 0 Å². The average molecular weight is 317 g/mol. The Bertz CT molecular complexity index is 589. The second-order valence-electron chi connectivity index (χ2n) is 5.44. The van der Waals surface area contributed by atoms with Crippen LogP contribution in [0.25, 0.3) is 0 Å². The van der Waals surface area contributed by atoms with Gasteiger partial charge < -0.3 is 9.84 Å². The summed E-state index contributed by atoms with van der Waals surface area (Å²) in [6.45, 7) is 5.34. The highest BCUT2D eigenvalue weighted by Crippen LogP contribution is 2.24. The molecule has 8 heteroatoms. The van der Waals surface area contributed by atoms with Crippen molar-refractivity contribution < 1.29 is 18.3 Å². The monoisotopic (exact) mass is 317 g/mol. The SMILES string of the molecule is Cc1c(OC2CCN(S(C)(=O)=O)CC2)nn(CCO)c1C. The van der Waals surface area contributed by atoms with Gasteiger partial charge in [-0.3, -0.25) is 4.68 Å². The van der Waals surface area contributed by atoms with Crippen LogP contribution in [0.3, 0.4) is 0 Å². The molecule has 0 saturated carbocycles. The maximum absolute atomic E-state index is 11.5. The van der Waals surface area contributed by atoms with Gasteiger partial charge in [0.05, 0.1) is 19.4 Å². The van der Waals surface area contributed by atoms with Crippen LogP contribution in [0, 0.1) is 13.8 Å². The average Bonchev–Trinajstić information content (AvgIpc) is 2.67. The van der Waals surface area contributed by atoms with Crippen LogP contribution in [-0.4, -0.2) is 59.7 Å². The summed E-state index contributed by atoms with van der Waals surface area (Å²) in [6, 6.07) is 0. The Kier molecular flexibility index (Phi) is 4.90. The fraction of sp³-hybridized carbons (Fsp3) is 0.769. The van der Waals surface area contributed by atoms with Gasteiger partial charge in [0.15, 0.2) is 0 Å². The van der Waals surface area contributed by atoms with E-state index in [0.717, 1.165) is 11.3 Å². The fourth-order valence-corrected chi connectivity index (χ4v) is 3.35. The molecular formula is C13H23N3O4S. The number of aromatic nitrogens is 2. The van der Waals surface area contributed by atoms with Crippen LogP contribution in [0.2, 0.25) is 0 Å². The van der Waals surface area contributed by atoms with E-state index in [2.05, 4.69) is 5.10 Å². The van der Waals surface area contributed by atoms with E-state index in [-0.39, 0.29) is 12.7 Å². The summed E-state index contributed by atoms with van der Waals surface area (Å²) in [5.74, 6) is 0.582. The normalized spacial score (nSPS) is 18.1. The number of sulfonamides is 1. The van der Waals surface area contributed by atoms with Crippen molar-refractivity contribution in [3.8, 4) is 5.88 Å². The van der Waals surface area contributed by atoms with Crippen LogP contribution in [0.15, 0.2) is 0 Å². The summed E-state index contributed by atoms with van der Waals surface area (Å²) in [5.41, 5.74) is 1.95.